The van der Waals surface area contributed by atoms with Crippen LogP contribution in [0.2, 0.25) is 131 Å². The van der Waals surface area contributed by atoms with Crippen LogP contribution in [0, 0.1) is 0 Å². The molecule has 3 unspecified atom stereocenters. The number of carbonyl (C=O) groups is 3. The second kappa shape index (κ2) is 48.2. The topological polar surface area (TPSA) is 107 Å². The van der Waals surface area contributed by atoms with Gasteiger partial charge in [-0.2, -0.15) is 0 Å². The van der Waals surface area contributed by atoms with Gasteiger partial charge in [-0.15, -0.1) is 0 Å². The first-order valence-electron chi connectivity index (χ1n) is 22.0. The normalized spacial score (nSPS) is 15.7. The predicted octanol–water partition coefficient (Wildman–Crippen LogP) is 20.4. The molecule has 3 saturated heterocycles. The molecule has 3 heterocycles. The van der Waals surface area contributed by atoms with Gasteiger partial charge in [0.2, 0.25) is 0 Å². The van der Waals surface area contributed by atoms with E-state index in [0.717, 1.165) is 12.8 Å². The average Bonchev–Trinajstić information content (AvgIpc) is 3.77. The van der Waals surface area contributed by atoms with Gasteiger partial charge in [0.15, 0.2) is 31.2 Å². The van der Waals surface area contributed by atoms with E-state index in [1.165, 1.54) is 21.5 Å². The molecule has 0 N–H and O–H groups in total. The molecule has 0 aliphatic carbocycles. The molecule has 3 aromatic rings. The van der Waals surface area contributed by atoms with Crippen LogP contribution in [-0.2, 0) is 41.9 Å². The summed E-state index contributed by atoms with van der Waals surface area (Å²) in [6, 6.07) is 21.4. The summed E-state index contributed by atoms with van der Waals surface area (Å²) in [5.74, 6) is -0.450. The third-order valence-corrected chi connectivity index (χ3v) is 9.68. The number of ether oxygens (including phenoxy) is 3. The molecule has 9 nitrogen and oxygen atoms in total. The molecule has 3 atom stereocenters. The molecule has 73 heavy (non-hydrogen) atoms. The fourth-order valence-corrected chi connectivity index (χ4v) is 8.11. The number of rotatable bonds is 6. The maximum Gasteiger partial charge on any atom is 0.334 e. The highest BCUT2D eigenvalue weighted by Crippen LogP contribution is 2.23. The summed E-state index contributed by atoms with van der Waals surface area (Å²) >= 11 is 0. The van der Waals surface area contributed by atoms with Gasteiger partial charge in [0.25, 0.3) is 0 Å². The smallest absolute Gasteiger partial charge is 0.334 e. The van der Waals surface area contributed by atoms with Crippen LogP contribution in [0.25, 0.3) is 21.5 Å². The highest BCUT2D eigenvalue weighted by molar-refractivity contribution is 6.75. The lowest BCUT2D eigenvalue weighted by Gasteiger charge is -2.21. The van der Waals surface area contributed by atoms with E-state index < -0.39 is 41.1 Å². The zero-order valence-corrected chi connectivity index (χ0v) is 48.2. The molecule has 0 amide bonds. The average molecular weight is 1140 g/mol. The summed E-state index contributed by atoms with van der Waals surface area (Å²) in [7, 11) is -5.94. The number of benzene rings is 3. The monoisotopic (exact) mass is 1140 g/mol. The molecule has 15 heteroatoms. The maximum atomic E-state index is 10.9. The lowest BCUT2D eigenvalue weighted by Crippen LogP contribution is -2.34. The van der Waals surface area contributed by atoms with Crippen molar-refractivity contribution in [2.45, 2.75) is 264 Å². The van der Waals surface area contributed by atoms with Gasteiger partial charge in [-0.05, 0) is 92.6 Å². The van der Waals surface area contributed by atoms with Gasteiger partial charge in [0.05, 0.1) is 25.6 Å². The van der Waals surface area contributed by atoms with Crippen molar-refractivity contribution < 1.29 is 41.9 Å². The summed E-state index contributed by atoms with van der Waals surface area (Å²) in [5, 5.41) is 5.25. The van der Waals surface area contributed by atoms with E-state index >= 15 is 0 Å². The molecular weight excluding hydrogens is 1010 g/mol. The van der Waals surface area contributed by atoms with Crippen LogP contribution in [-0.4, -0.2) is 99.5 Å². The van der Waals surface area contributed by atoms with E-state index in [1.807, 2.05) is 0 Å². The van der Waals surface area contributed by atoms with Crippen LogP contribution in [0.1, 0.15) is 115 Å². The van der Waals surface area contributed by atoms with Gasteiger partial charge >= 0.3 is 17.9 Å². The molecule has 6 rings (SSSR count). The summed E-state index contributed by atoms with van der Waals surface area (Å²) in [6.45, 7) is 45.3. The zero-order valence-electron chi connectivity index (χ0n) is 42.0. The second-order valence-corrected chi connectivity index (χ2v) is 51.2. The van der Waals surface area contributed by atoms with E-state index in [4.69, 9.17) is 27.5 Å². The number of cyclic esters (lactones) is 3. The first kappa shape index (κ1) is 103. The Balaban J connectivity index is -0.0000000526. The SMILES string of the molecule is C.C.C.C.C.C.C.C.C.C.C.C.C[SiH](C)C.C[Si](C)(C)C.C[Si](C)(C)C.C[Si](C)(C)OC1CCC(=O)O1.C[Si](C)(C)OC1CCOC1=O.C[Si](C)(C)OC1COC(=O)C1.c1ccc2cc3ccccc3cc2c1. The van der Waals surface area contributed by atoms with Crippen molar-refractivity contribution in [3.8, 4) is 0 Å². The number of carbonyl (C=O) groups excluding carboxylic acids is 3. The fraction of sp³-hybridized carbons (Fsp3) is 0.707. The Hall–Kier alpha value is -2.23. The molecule has 0 saturated carbocycles. The van der Waals surface area contributed by atoms with Crippen LogP contribution >= 0.6 is 0 Å². The third-order valence-electron chi connectivity index (χ3n) is 6.67. The fourth-order valence-electron chi connectivity index (χ4n) is 4.94. The summed E-state index contributed by atoms with van der Waals surface area (Å²) in [6.07, 6.45) is 1.89. The van der Waals surface area contributed by atoms with Crippen LogP contribution in [0.15, 0.2) is 60.7 Å². The van der Waals surface area contributed by atoms with Gasteiger partial charge in [-0.1, -0.05) is 210 Å². The highest BCUT2D eigenvalue weighted by atomic mass is 28.4. The summed E-state index contributed by atoms with van der Waals surface area (Å²) in [4.78, 5) is 32.2. The molecule has 0 spiro atoms. The van der Waals surface area contributed by atoms with Gasteiger partial charge in [-0.3, -0.25) is 9.59 Å². The van der Waals surface area contributed by atoms with Crippen molar-refractivity contribution in [1.82, 2.24) is 0 Å². The predicted molar refractivity (Wildman–Crippen MR) is 357 cm³/mol. The van der Waals surface area contributed by atoms with E-state index in [2.05, 4.69) is 192 Å². The van der Waals surface area contributed by atoms with Gasteiger partial charge in [0.1, 0.15) is 12.7 Å². The Kier molecular flexibility index (Phi) is 68.1. The van der Waals surface area contributed by atoms with Crippen molar-refractivity contribution in [1.29, 1.82) is 0 Å². The molecule has 3 aliphatic rings. The lowest BCUT2D eigenvalue weighted by atomic mass is 10.0. The van der Waals surface area contributed by atoms with E-state index in [9.17, 15) is 14.4 Å². The van der Waals surface area contributed by atoms with Crippen molar-refractivity contribution in [3.05, 3.63) is 60.7 Å². The van der Waals surface area contributed by atoms with E-state index in [1.54, 1.807) is 0 Å². The van der Waals surface area contributed by atoms with Gasteiger partial charge in [-0.25, -0.2) is 4.79 Å². The Morgan fingerprint density at radius 1 is 0.466 bits per heavy atom. The Bertz CT molecular complexity index is 1570. The Morgan fingerprint density at radius 3 is 1.00 bits per heavy atom. The van der Waals surface area contributed by atoms with Crippen LogP contribution in [0.5, 0.6) is 0 Å². The number of fused-ring (bicyclic) bond motifs is 2. The number of hydrogen-bond donors (Lipinski definition) is 0. The lowest BCUT2D eigenvalue weighted by molar-refractivity contribution is -0.151. The maximum absolute atomic E-state index is 10.9. The minimum Gasteiger partial charge on any atom is -0.464 e. The van der Waals surface area contributed by atoms with Crippen LogP contribution in [0.3, 0.4) is 0 Å². The van der Waals surface area contributed by atoms with Crippen molar-refractivity contribution in [3.63, 3.8) is 0 Å². The minimum absolute atomic E-state index is 0. The molecule has 3 aromatic carbocycles. The van der Waals surface area contributed by atoms with E-state index in [0.29, 0.717) is 26.1 Å². The molecule has 444 valence electrons. The molecule has 0 bridgehead atoms. The first-order valence-corrected chi connectivity index (χ1v) is 43.7. The van der Waals surface area contributed by atoms with E-state index in [-0.39, 0.29) is 134 Å². The van der Waals surface area contributed by atoms with Crippen LogP contribution in [0.4, 0.5) is 0 Å². The van der Waals surface area contributed by atoms with Crippen molar-refractivity contribution in [2.75, 3.05) is 13.2 Å². The third kappa shape index (κ3) is 64.0. The summed E-state index contributed by atoms with van der Waals surface area (Å²) < 4.78 is 31.3. The quantitative estimate of drug-likeness (QED) is 0.103. The Morgan fingerprint density at radius 2 is 0.781 bits per heavy atom. The number of esters is 3. The largest absolute Gasteiger partial charge is 0.464 e. The Labute approximate surface area is 466 Å². The van der Waals surface area contributed by atoms with Crippen LogP contribution < -0.4 is 0 Å². The van der Waals surface area contributed by atoms with Crippen molar-refractivity contribution in [2.24, 2.45) is 0 Å². The first-order chi connectivity index (χ1) is 27.6. The summed E-state index contributed by atoms with van der Waals surface area (Å²) in [5.41, 5.74) is 0. The molecule has 0 aromatic heterocycles. The molecular formula is C58H134O9Si6. The molecule has 0 radical (unpaired) electrons. The molecule has 3 aliphatic heterocycles. The number of hydrogen-bond acceptors (Lipinski definition) is 9. The van der Waals surface area contributed by atoms with Gasteiger partial charge in [0, 0.05) is 37.8 Å². The van der Waals surface area contributed by atoms with Gasteiger partial charge < -0.3 is 27.5 Å². The van der Waals surface area contributed by atoms with Crippen molar-refractivity contribution >= 4 is 89.3 Å². The highest BCUT2D eigenvalue weighted by Gasteiger charge is 2.32. The zero-order chi connectivity index (χ0) is 47.4. The minimum atomic E-state index is -1.56. The standard InChI is InChI=1S/C14H10.3C7H14O3Si.2C4H12Si.C3H10Si.12CH4/c1-2-6-12-10-14-8-4-3-7-13(14)9-11(12)5-1;1-11(2,3)10-6-4-7(8)9-5-6;1-11(2,3)10-6-4-5-9-7(6)8;1-11(2,3)10-7-5-4-6(8)9-7;2*1-5(2,3)4;1-4(2)3;;;;;;;;;;;;/h1-10H;2*6H,4-5H2,1-3H3;7H,4-5H2,1-3H3;2*1-4H3;4H,1-3H3;12*1H4. The molecule has 3 fully saturated rings. The second-order valence-electron chi connectivity index (χ2n) is 22.4.